The first-order valence-electron chi connectivity index (χ1n) is 15.6. The summed E-state index contributed by atoms with van der Waals surface area (Å²) in [5.41, 5.74) is 4.70. The van der Waals surface area contributed by atoms with Crippen molar-refractivity contribution < 1.29 is 33.7 Å². The second-order valence-corrected chi connectivity index (χ2v) is 11.8. The predicted molar refractivity (Wildman–Crippen MR) is 176 cm³/mol. The van der Waals surface area contributed by atoms with Crippen molar-refractivity contribution in [2.24, 2.45) is 0 Å². The van der Waals surface area contributed by atoms with E-state index in [0.717, 1.165) is 28.8 Å². The number of piperidine rings is 1. The summed E-state index contributed by atoms with van der Waals surface area (Å²) in [4.78, 5) is 39.7. The topological polar surface area (TPSA) is 126 Å². The molecule has 1 saturated heterocycles. The van der Waals surface area contributed by atoms with Gasteiger partial charge in [-0.2, -0.15) is 0 Å². The highest BCUT2D eigenvalue weighted by molar-refractivity contribution is 5.96. The quantitative estimate of drug-likeness (QED) is 0.294. The van der Waals surface area contributed by atoms with Crippen LogP contribution in [-0.4, -0.2) is 66.7 Å². The molecule has 4 aromatic rings. The van der Waals surface area contributed by atoms with Crippen LogP contribution in [0.2, 0.25) is 0 Å². The molecule has 2 atom stereocenters. The second kappa shape index (κ2) is 14.4. The van der Waals surface area contributed by atoms with E-state index in [2.05, 4.69) is 15.5 Å². The Bertz CT molecular complexity index is 1740. The Morgan fingerprint density at radius 1 is 0.936 bits per heavy atom. The Balaban J connectivity index is 1.28. The van der Waals surface area contributed by atoms with E-state index in [1.54, 1.807) is 31.4 Å². The van der Waals surface area contributed by atoms with Gasteiger partial charge in [-0.25, -0.2) is 0 Å². The number of benzene rings is 4. The number of nitrogens with one attached hydrogen (secondary N) is 2. The van der Waals surface area contributed by atoms with Gasteiger partial charge in [0.2, 0.25) is 0 Å². The number of methoxy groups -OCH3 is 1. The van der Waals surface area contributed by atoms with Crippen LogP contribution in [0.3, 0.4) is 0 Å². The minimum Gasteiger partial charge on any atom is -0.496 e. The van der Waals surface area contributed by atoms with E-state index in [-0.39, 0.29) is 37.0 Å². The largest absolute Gasteiger partial charge is 0.496 e. The van der Waals surface area contributed by atoms with Crippen LogP contribution in [0.1, 0.15) is 33.5 Å². The number of hydrogen-bond donors (Lipinski definition) is 3. The van der Waals surface area contributed by atoms with Crippen molar-refractivity contribution in [1.29, 1.82) is 0 Å². The smallest absolute Gasteiger partial charge is 0.307 e. The first kappa shape index (κ1) is 31.6. The number of aliphatic carboxylic acids is 1. The zero-order valence-corrected chi connectivity index (χ0v) is 26.1. The number of amides is 2. The summed E-state index contributed by atoms with van der Waals surface area (Å²) < 4.78 is 17.9. The highest BCUT2D eigenvalue weighted by atomic mass is 16.5. The van der Waals surface area contributed by atoms with Gasteiger partial charge in [-0.05, 0) is 71.1 Å². The van der Waals surface area contributed by atoms with Crippen LogP contribution in [0, 0.1) is 0 Å². The van der Waals surface area contributed by atoms with Crippen LogP contribution in [0.4, 0.5) is 0 Å². The molecule has 0 radical (unpaired) electrons. The Kier molecular flexibility index (Phi) is 9.68. The molecule has 3 aliphatic rings. The Morgan fingerprint density at radius 3 is 2.49 bits per heavy atom. The summed E-state index contributed by atoms with van der Waals surface area (Å²) in [6, 6.07) is 27.5. The zero-order chi connectivity index (χ0) is 32.8. The van der Waals surface area contributed by atoms with Crippen LogP contribution < -0.4 is 24.8 Å². The van der Waals surface area contributed by atoms with Gasteiger partial charge in [0, 0.05) is 37.3 Å². The summed E-state index contributed by atoms with van der Waals surface area (Å²) in [6.45, 7) is 2.17. The van der Waals surface area contributed by atoms with E-state index >= 15 is 0 Å². The summed E-state index contributed by atoms with van der Waals surface area (Å²) in [7, 11) is 1.58. The molecule has 1 fully saturated rings. The van der Waals surface area contributed by atoms with E-state index in [9.17, 15) is 14.4 Å². The molecule has 0 spiro atoms. The van der Waals surface area contributed by atoms with Crippen molar-refractivity contribution in [3.05, 3.63) is 113 Å². The number of carboxylic acid groups (broad SMARTS) is 1. The fourth-order valence-electron chi connectivity index (χ4n) is 5.96. The minimum atomic E-state index is -0.861. The molecule has 4 aromatic carbocycles. The third-order valence-electron chi connectivity index (χ3n) is 8.41. The zero-order valence-electron chi connectivity index (χ0n) is 26.1. The molecule has 3 N–H and O–H groups in total. The molecule has 10 nitrogen and oxygen atoms in total. The number of hydrogen-bond acceptors (Lipinski definition) is 7. The van der Waals surface area contributed by atoms with Crippen LogP contribution >= 0.6 is 0 Å². The Morgan fingerprint density at radius 2 is 1.72 bits per heavy atom. The number of fused-ring (bicyclic) bond motifs is 7. The summed E-state index contributed by atoms with van der Waals surface area (Å²) in [5, 5.41) is 15.2. The number of rotatable bonds is 5. The Hall–Kier alpha value is -5.35. The summed E-state index contributed by atoms with van der Waals surface area (Å²) in [5.74, 6) is 0.455. The lowest BCUT2D eigenvalue weighted by molar-refractivity contribution is -0.136. The molecular formula is C37H37N3O7. The summed E-state index contributed by atoms with van der Waals surface area (Å²) in [6.07, 6.45) is 0.385. The molecule has 0 aliphatic carbocycles. The maximum atomic E-state index is 13.8. The predicted octanol–water partition coefficient (Wildman–Crippen LogP) is 4.45. The number of likely N-dealkylation sites (tertiary alicyclic amines) is 1. The molecule has 242 valence electrons. The third-order valence-corrected chi connectivity index (χ3v) is 8.41. The van der Waals surface area contributed by atoms with Crippen LogP contribution in [0.25, 0.3) is 11.1 Å². The molecule has 0 unspecified atom stereocenters. The molecule has 7 rings (SSSR count). The molecule has 3 aliphatic heterocycles. The van der Waals surface area contributed by atoms with E-state index in [1.165, 1.54) is 0 Å². The molecule has 3 heterocycles. The van der Waals surface area contributed by atoms with Gasteiger partial charge in [-0.1, -0.05) is 48.5 Å². The number of carboxylic acids is 1. The van der Waals surface area contributed by atoms with Gasteiger partial charge in [0.25, 0.3) is 11.8 Å². The average molecular weight is 636 g/mol. The van der Waals surface area contributed by atoms with Crippen molar-refractivity contribution in [2.75, 3.05) is 26.8 Å². The highest BCUT2D eigenvalue weighted by Crippen LogP contribution is 2.33. The molecule has 2 amide bonds. The summed E-state index contributed by atoms with van der Waals surface area (Å²) >= 11 is 0. The fourth-order valence-corrected chi connectivity index (χ4v) is 5.96. The molecule has 6 bridgehead atoms. The van der Waals surface area contributed by atoms with Gasteiger partial charge in [0.15, 0.2) is 6.61 Å². The number of carbonyl (C=O) groups excluding carboxylic acids is 2. The van der Waals surface area contributed by atoms with Gasteiger partial charge in [-0.15, -0.1) is 0 Å². The van der Waals surface area contributed by atoms with Crippen LogP contribution in [-0.2, 0) is 29.1 Å². The number of ether oxygens (including phenoxy) is 3. The normalized spacial score (nSPS) is 18.5. The molecular weight excluding hydrogens is 598 g/mol. The monoisotopic (exact) mass is 635 g/mol. The Labute approximate surface area is 273 Å². The first-order chi connectivity index (χ1) is 22.8. The van der Waals surface area contributed by atoms with E-state index in [0.29, 0.717) is 54.4 Å². The first-order valence-corrected chi connectivity index (χ1v) is 15.6. The van der Waals surface area contributed by atoms with Crippen molar-refractivity contribution in [2.45, 2.75) is 38.1 Å². The SMILES string of the molecule is COc1ccc2cc1-c1cccc(c1)OCC(=O)NCc1ccc(cc1)O[C@@H]1CCN(Cc3ccc(CC(=O)O)cc3)C[C@H]1NC2=O. The van der Waals surface area contributed by atoms with Crippen molar-refractivity contribution in [1.82, 2.24) is 15.5 Å². The van der Waals surface area contributed by atoms with Crippen molar-refractivity contribution >= 4 is 17.8 Å². The lowest BCUT2D eigenvalue weighted by Crippen LogP contribution is -2.56. The van der Waals surface area contributed by atoms with Gasteiger partial charge >= 0.3 is 5.97 Å². The van der Waals surface area contributed by atoms with Crippen LogP contribution in [0.15, 0.2) is 91.0 Å². The van der Waals surface area contributed by atoms with E-state index in [4.69, 9.17) is 19.3 Å². The average Bonchev–Trinajstić information content (AvgIpc) is 3.08. The number of nitrogens with zero attached hydrogens (tertiary/aromatic N) is 1. The standard InChI is InChI=1S/C37H37N3O7/c1-45-33-14-11-28-19-31(33)27-3-2-4-30(18-27)46-23-35(41)38-20-25-9-12-29(13-10-25)47-34-15-16-40(22-32(34)39-37(28)44)21-26-7-5-24(6-8-26)17-36(42)43/h2-14,18-19,32,34H,15-17,20-23H2,1H3,(H,38,41)(H,39,44)(H,42,43)/t32-,34-/m1/s1. The maximum absolute atomic E-state index is 13.8. The number of carbonyl (C=O) groups is 3. The minimum absolute atomic E-state index is 0.0149. The molecule has 0 saturated carbocycles. The van der Waals surface area contributed by atoms with E-state index in [1.807, 2.05) is 66.7 Å². The fraction of sp³-hybridized carbons (Fsp3) is 0.270. The second-order valence-electron chi connectivity index (χ2n) is 11.8. The highest BCUT2D eigenvalue weighted by Gasteiger charge is 2.32. The van der Waals surface area contributed by atoms with Gasteiger partial charge < -0.3 is 30.0 Å². The lowest BCUT2D eigenvalue weighted by Gasteiger charge is -2.39. The van der Waals surface area contributed by atoms with Gasteiger partial charge in [-0.3, -0.25) is 19.3 Å². The maximum Gasteiger partial charge on any atom is 0.307 e. The third kappa shape index (κ3) is 8.09. The molecule has 0 aromatic heterocycles. The van der Waals surface area contributed by atoms with Crippen molar-refractivity contribution in [3.63, 3.8) is 0 Å². The van der Waals surface area contributed by atoms with Crippen LogP contribution in [0.5, 0.6) is 17.2 Å². The van der Waals surface area contributed by atoms with E-state index < -0.39 is 5.97 Å². The van der Waals surface area contributed by atoms with Gasteiger partial charge in [0.1, 0.15) is 23.4 Å². The lowest BCUT2D eigenvalue weighted by atomic mass is 9.98. The van der Waals surface area contributed by atoms with Gasteiger partial charge in [0.05, 0.1) is 19.6 Å². The molecule has 10 heteroatoms. The van der Waals surface area contributed by atoms with Crippen molar-refractivity contribution in [3.8, 4) is 28.4 Å². The molecule has 47 heavy (non-hydrogen) atoms.